The van der Waals surface area contributed by atoms with Crippen molar-refractivity contribution in [3.05, 3.63) is 54.1 Å². The second kappa shape index (κ2) is 7.23. The van der Waals surface area contributed by atoms with E-state index in [0.29, 0.717) is 19.3 Å². The number of aromatic nitrogens is 2. The molecule has 0 unspecified atom stereocenters. The van der Waals surface area contributed by atoms with E-state index in [9.17, 15) is 9.59 Å². The molecule has 0 saturated carbocycles. The van der Waals surface area contributed by atoms with Gasteiger partial charge in [-0.2, -0.15) is 0 Å². The number of carbonyl (C=O) groups excluding carboxylic acids is 2. The van der Waals surface area contributed by atoms with Crippen LogP contribution in [0.2, 0.25) is 0 Å². The number of aryl methyl sites for hydroxylation is 1. The van der Waals surface area contributed by atoms with Gasteiger partial charge in [0.2, 0.25) is 12.2 Å². The maximum atomic E-state index is 11.8. The van der Waals surface area contributed by atoms with Crippen molar-refractivity contribution in [3.8, 4) is 0 Å². The third-order valence-electron chi connectivity index (χ3n) is 2.93. The van der Waals surface area contributed by atoms with Crippen molar-refractivity contribution < 1.29 is 9.59 Å². The Morgan fingerprint density at radius 3 is 2.80 bits per heavy atom. The van der Waals surface area contributed by atoms with Gasteiger partial charge in [0, 0.05) is 19.0 Å². The number of H-pyrrole nitrogens is 1. The highest BCUT2D eigenvalue weighted by molar-refractivity contribution is 5.80. The molecule has 0 aliphatic rings. The van der Waals surface area contributed by atoms with Crippen molar-refractivity contribution in [3.63, 3.8) is 0 Å². The molecule has 0 spiro atoms. The minimum atomic E-state index is -0.651. The maximum absolute atomic E-state index is 11.8. The van der Waals surface area contributed by atoms with Crippen molar-refractivity contribution in [2.24, 2.45) is 0 Å². The Balaban J connectivity index is 1.79. The molecule has 1 radical (unpaired) electrons. The van der Waals surface area contributed by atoms with Crippen molar-refractivity contribution >= 4 is 12.2 Å². The quantitative estimate of drug-likeness (QED) is 0.793. The standard InChI is InChI=1S/C15H16N3O2/c19-10-14(8-13-9-16-11-17-13)18-15(20)7-6-12-4-2-1-3-5-12/h1-5,9,11,14H,6-8H2,(H,16,17)(H,18,20)/t14-/m0/s1. The minimum Gasteiger partial charge on any atom is -0.351 e. The van der Waals surface area contributed by atoms with E-state index in [1.54, 1.807) is 6.20 Å². The Hall–Kier alpha value is -2.43. The van der Waals surface area contributed by atoms with Gasteiger partial charge in [0.1, 0.15) is 6.04 Å². The van der Waals surface area contributed by atoms with Crippen LogP contribution in [-0.4, -0.2) is 28.2 Å². The lowest BCUT2D eigenvalue weighted by Gasteiger charge is -2.10. The van der Waals surface area contributed by atoms with Crippen LogP contribution < -0.4 is 5.32 Å². The summed E-state index contributed by atoms with van der Waals surface area (Å²) in [5.74, 6) is -0.155. The average Bonchev–Trinajstić information content (AvgIpc) is 2.98. The van der Waals surface area contributed by atoms with Gasteiger partial charge in [-0.3, -0.25) is 9.59 Å². The predicted octanol–water partition coefficient (Wildman–Crippen LogP) is 1.18. The molecule has 5 nitrogen and oxygen atoms in total. The number of rotatable bonds is 7. The Bertz CT molecular complexity index is 538. The molecule has 5 heteroatoms. The van der Waals surface area contributed by atoms with E-state index in [0.717, 1.165) is 11.3 Å². The van der Waals surface area contributed by atoms with Crippen LogP contribution in [0.1, 0.15) is 17.7 Å². The van der Waals surface area contributed by atoms with Crippen LogP contribution in [0, 0.1) is 0 Å². The summed E-state index contributed by atoms with van der Waals surface area (Å²) in [6.45, 7) is 0. The van der Waals surface area contributed by atoms with Gasteiger partial charge in [-0.1, -0.05) is 30.3 Å². The van der Waals surface area contributed by atoms with Gasteiger partial charge in [0.15, 0.2) is 0 Å². The number of amides is 1. The molecular formula is C15H16N3O2. The zero-order valence-electron chi connectivity index (χ0n) is 11.0. The second-order valence-corrected chi connectivity index (χ2v) is 4.49. The number of hydrogen-bond donors (Lipinski definition) is 2. The Labute approximate surface area is 117 Å². The third kappa shape index (κ3) is 4.35. The van der Waals surface area contributed by atoms with Gasteiger partial charge in [-0.25, -0.2) is 4.98 Å². The van der Waals surface area contributed by atoms with Crippen LogP contribution in [0.15, 0.2) is 42.9 Å². The lowest BCUT2D eigenvalue weighted by atomic mass is 10.1. The predicted molar refractivity (Wildman–Crippen MR) is 74.7 cm³/mol. The van der Waals surface area contributed by atoms with E-state index in [-0.39, 0.29) is 5.91 Å². The summed E-state index contributed by atoms with van der Waals surface area (Å²) in [5.41, 5.74) is 1.82. The number of carbonyl (C=O) groups is 1. The number of hydrogen-bond acceptors (Lipinski definition) is 3. The summed E-state index contributed by atoms with van der Waals surface area (Å²) in [6.07, 6.45) is 6.42. The van der Waals surface area contributed by atoms with E-state index in [1.165, 1.54) is 6.33 Å². The van der Waals surface area contributed by atoms with Crippen molar-refractivity contribution in [2.45, 2.75) is 25.3 Å². The van der Waals surface area contributed by atoms with Crippen LogP contribution in [0.3, 0.4) is 0 Å². The number of nitrogens with zero attached hydrogens (tertiary/aromatic N) is 1. The molecule has 1 aromatic carbocycles. The zero-order valence-corrected chi connectivity index (χ0v) is 11.0. The molecule has 0 saturated heterocycles. The fraction of sp³-hybridized carbons (Fsp3) is 0.267. The molecule has 0 aliphatic carbocycles. The summed E-state index contributed by atoms with van der Waals surface area (Å²) in [7, 11) is 0. The van der Waals surface area contributed by atoms with Gasteiger partial charge in [-0.15, -0.1) is 0 Å². The zero-order chi connectivity index (χ0) is 14.2. The molecular weight excluding hydrogens is 254 g/mol. The van der Waals surface area contributed by atoms with E-state index >= 15 is 0 Å². The van der Waals surface area contributed by atoms with E-state index in [2.05, 4.69) is 15.3 Å². The van der Waals surface area contributed by atoms with Crippen LogP contribution in [0.25, 0.3) is 0 Å². The van der Waals surface area contributed by atoms with Crippen molar-refractivity contribution in [1.82, 2.24) is 15.3 Å². The first-order valence-electron chi connectivity index (χ1n) is 6.46. The lowest BCUT2D eigenvalue weighted by Crippen LogP contribution is -2.37. The highest BCUT2D eigenvalue weighted by Gasteiger charge is 2.13. The normalized spacial score (nSPS) is 11.8. The van der Waals surface area contributed by atoms with E-state index in [1.807, 2.05) is 36.6 Å². The topological polar surface area (TPSA) is 74.8 Å². The summed E-state index contributed by atoms with van der Waals surface area (Å²) in [5, 5.41) is 2.66. The van der Waals surface area contributed by atoms with Crippen molar-refractivity contribution in [2.75, 3.05) is 0 Å². The largest absolute Gasteiger partial charge is 0.351 e. The first-order valence-corrected chi connectivity index (χ1v) is 6.46. The molecule has 0 aliphatic heterocycles. The summed E-state index contributed by atoms with van der Waals surface area (Å²) in [6, 6.07) is 9.10. The third-order valence-corrected chi connectivity index (χ3v) is 2.93. The molecule has 2 aromatic rings. The Kier molecular flexibility index (Phi) is 5.06. The van der Waals surface area contributed by atoms with Gasteiger partial charge in [0.25, 0.3) is 0 Å². The molecule has 0 fully saturated rings. The molecule has 2 N–H and O–H groups in total. The fourth-order valence-corrected chi connectivity index (χ4v) is 1.90. The molecule has 0 bridgehead atoms. The van der Waals surface area contributed by atoms with E-state index < -0.39 is 6.04 Å². The Morgan fingerprint density at radius 1 is 1.35 bits per heavy atom. The number of imidazole rings is 1. The lowest BCUT2D eigenvalue weighted by molar-refractivity contribution is -0.121. The summed E-state index contributed by atoms with van der Waals surface area (Å²) < 4.78 is 0. The van der Waals surface area contributed by atoms with Gasteiger partial charge in [-0.05, 0) is 12.0 Å². The summed E-state index contributed by atoms with van der Waals surface area (Å²) in [4.78, 5) is 29.5. The number of aromatic amines is 1. The van der Waals surface area contributed by atoms with Gasteiger partial charge < -0.3 is 10.3 Å². The van der Waals surface area contributed by atoms with Crippen LogP contribution in [-0.2, 0) is 22.4 Å². The minimum absolute atomic E-state index is 0.155. The first-order chi connectivity index (χ1) is 9.78. The molecule has 1 aromatic heterocycles. The molecule has 1 amide bonds. The van der Waals surface area contributed by atoms with Crippen molar-refractivity contribution in [1.29, 1.82) is 0 Å². The molecule has 1 heterocycles. The maximum Gasteiger partial charge on any atom is 0.223 e. The van der Waals surface area contributed by atoms with Crippen LogP contribution >= 0.6 is 0 Å². The highest BCUT2D eigenvalue weighted by Crippen LogP contribution is 2.03. The summed E-state index contributed by atoms with van der Waals surface area (Å²) >= 11 is 0. The second-order valence-electron chi connectivity index (χ2n) is 4.49. The number of nitrogens with one attached hydrogen (secondary N) is 2. The fourth-order valence-electron chi connectivity index (χ4n) is 1.90. The van der Waals surface area contributed by atoms with Gasteiger partial charge in [0.05, 0.1) is 12.0 Å². The smallest absolute Gasteiger partial charge is 0.223 e. The SMILES string of the molecule is O=[C][C@H](Cc1c[nH]cn1)NC(=O)CCc1ccccc1. The van der Waals surface area contributed by atoms with E-state index in [4.69, 9.17) is 0 Å². The average molecular weight is 270 g/mol. The molecule has 2 rings (SSSR count). The molecule has 20 heavy (non-hydrogen) atoms. The Morgan fingerprint density at radius 2 is 2.15 bits per heavy atom. The van der Waals surface area contributed by atoms with Gasteiger partial charge >= 0.3 is 0 Å². The molecule has 103 valence electrons. The number of benzene rings is 1. The van der Waals surface area contributed by atoms with Crippen LogP contribution in [0.4, 0.5) is 0 Å². The first kappa shape index (κ1) is 14.0. The highest BCUT2D eigenvalue weighted by atomic mass is 16.2. The van der Waals surface area contributed by atoms with Crippen LogP contribution in [0.5, 0.6) is 0 Å². The molecule has 1 atom stereocenters. The monoisotopic (exact) mass is 270 g/mol.